The molecule has 3 N–H and O–H groups in total. The zero-order chi connectivity index (χ0) is 15.5. The molecular weight excluding hydrogens is 275 g/mol. The Labute approximate surface area is 123 Å². The zero-order valence-corrected chi connectivity index (χ0v) is 12.3. The van der Waals surface area contributed by atoms with Crippen molar-refractivity contribution in [3.63, 3.8) is 0 Å². The van der Waals surface area contributed by atoms with Gasteiger partial charge in [-0.15, -0.1) is 0 Å². The maximum Gasteiger partial charge on any atom is 0.319 e. The van der Waals surface area contributed by atoms with Crippen molar-refractivity contribution in [2.75, 3.05) is 19.0 Å². The van der Waals surface area contributed by atoms with E-state index in [9.17, 15) is 14.3 Å². The van der Waals surface area contributed by atoms with Crippen LogP contribution < -0.4 is 15.4 Å². The van der Waals surface area contributed by atoms with Crippen LogP contribution in [0.3, 0.4) is 0 Å². The summed E-state index contributed by atoms with van der Waals surface area (Å²) in [4.78, 5) is 12.1. The van der Waals surface area contributed by atoms with Gasteiger partial charge in [-0.1, -0.05) is 13.3 Å². The van der Waals surface area contributed by atoms with Gasteiger partial charge in [0.15, 0.2) is 0 Å². The number of methoxy groups -OCH3 is 1. The van der Waals surface area contributed by atoms with Gasteiger partial charge in [-0.3, -0.25) is 0 Å². The largest absolute Gasteiger partial charge is 0.494 e. The Morgan fingerprint density at radius 3 is 3.00 bits per heavy atom. The fraction of sp³-hybridized carbons (Fsp3) is 0.533. The highest BCUT2D eigenvalue weighted by molar-refractivity contribution is 5.91. The third-order valence-electron chi connectivity index (χ3n) is 4.16. The number of benzene rings is 1. The number of carbonyl (C=O) groups is 1. The van der Waals surface area contributed by atoms with E-state index in [0.717, 1.165) is 19.3 Å². The molecule has 2 atom stereocenters. The van der Waals surface area contributed by atoms with E-state index >= 15 is 0 Å². The van der Waals surface area contributed by atoms with E-state index in [1.54, 1.807) is 0 Å². The molecule has 0 aromatic heterocycles. The predicted octanol–water partition coefficient (Wildman–Crippen LogP) is 2.51. The summed E-state index contributed by atoms with van der Waals surface area (Å²) >= 11 is 0. The standard InChI is InChI=1S/C15H21FN2O3/c1-15(9-19)7-3-4-13(15)18-14(20)17-11-6-5-10(16)8-12(11)21-2/h5-6,8,13,19H,3-4,7,9H2,1-2H3,(H2,17,18,20). The molecule has 116 valence electrons. The van der Waals surface area contributed by atoms with Crippen LogP contribution in [0.5, 0.6) is 5.75 Å². The Morgan fingerprint density at radius 1 is 1.57 bits per heavy atom. The van der Waals surface area contributed by atoms with Gasteiger partial charge in [-0.05, 0) is 25.0 Å². The number of amides is 2. The van der Waals surface area contributed by atoms with Gasteiger partial charge in [0, 0.05) is 17.5 Å². The van der Waals surface area contributed by atoms with Crippen LogP contribution >= 0.6 is 0 Å². The molecule has 1 fully saturated rings. The van der Waals surface area contributed by atoms with Gasteiger partial charge in [-0.2, -0.15) is 0 Å². The number of halogens is 1. The van der Waals surface area contributed by atoms with Crippen LogP contribution in [-0.4, -0.2) is 30.9 Å². The van der Waals surface area contributed by atoms with Crippen LogP contribution in [0.2, 0.25) is 0 Å². The molecule has 1 saturated carbocycles. The van der Waals surface area contributed by atoms with E-state index in [-0.39, 0.29) is 29.8 Å². The smallest absolute Gasteiger partial charge is 0.319 e. The molecule has 1 aliphatic rings. The number of ether oxygens (including phenoxy) is 1. The van der Waals surface area contributed by atoms with Crippen LogP contribution in [-0.2, 0) is 0 Å². The summed E-state index contributed by atoms with van der Waals surface area (Å²) < 4.78 is 18.1. The second-order valence-electron chi connectivity index (χ2n) is 5.70. The molecule has 21 heavy (non-hydrogen) atoms. The van der Waals surface area contributed by atoms with Crippen molar-refractivity contribution in [1.29, 1.82) is 0 Å². The van der Waals surface area contributed by atoms with Crippen molar-refractivity contribution in [1.82, 2.24) is 5.32 Å². The predicted molar refractivity (Wildman–Crippen MR) is 77.9 cm³/mol. The van der Waals surface area contributed by atoms with Crippen molar-refractivity contribution in [2.24, 2.45) is 5.41 Å². The molecule has 1 aliphatic carbocycles. The van der Waals surface area contributed by atoms with Crippen LogP contribution in [0.15, 0.2) is 18.2 Å². The summed E-state index contributed by atoms with van der Waals surface area (Å²) in [6.07, 6.45) is 2.70. The van der Waals surface area contributed by atoms with Crippen LogP contribution in [0, 0.1) is 11.2 Å². The average molecular weight is 296 g/mol. The molecule has 0 heterocycles. The van der Waals surface area contributed by atoms with Gasteiger partial charge in [0.25, 0.3) is 0 Å². The van der Waals surface area contributed by atoms with Gasteiger partial charge >= 0.3 is 6.03 Å². The van der Waals surface area contributed by atoms with Gasteiger partial charge in [0.2, 0.25) is 0 Å². The highest BCUT2D eigenvalue weighted by Crippen LogP contribution is 2.37. The van der Waals surface area contributed by atoms with Crippen LogP contribution in [0.4, 0.5) is 14.9 Å². The van der Waals surface area contributed by atoms with Gasteiger partial charge in [0.1, 0.15) is 11.6 Å². The summed E-state index contributed by atoms with van der Waals surface area (Å²) in [6, 6.07) is 3.46. The van der Waals surface area contributed by atoms with E-state index < -0.39 is 5.82 Å². The number of carbonyl (C=O) groups excluding carboxylic acids is 1. The lowest BCUT2D eigenvalue weighted by Gasteiger charge is -2.30. The first-order valence-corrected chi connectivity index (χ1v) is 7.00. The lowest BCUT2D eigenvalue weighted by molar-refractivity contribution is 0.122. The second kappa shape index (κ2) is 6.30. The maximum atomic E-state index is 13.1. The fourth-order valence-electron chi connectivity index (χ4n) is 2.75. The normalized spacial score (nSPS) is 24.7. The Bertz CT molecular complexity index is 524. The van der Waals surface area contributed by atoms with E-state index in [0.29, 0.717) is 5.69 Å². The van der Waals surface area contributed by atoms with E-state index in [4.69, 9.17) is 4.74 Å². The highest BCUT2D eigenvalue weighted by Gasteiger charge is 2.39. The first-order valence-electron chi connectivity index (χ1n) is 7.00. The van der Waals surface area contributed by atoms with E-state index in [1.165, 1.54) is 25.3 Å². The summed E-state index contributed by atoms with van der Waals surface area (Å²) in [5, 5.41) is 15.0. The lowest BCUT2D eigenvalue weighted by atomic mass is 9.86. The topological polar surface area (TPSA) is 70.6 Å². The number of rotatable bonds is 4. The number of hydrogen-bond acceptors (Lipinski definition) is 3. The molecule has 1 aromatic rings. The minimum absolute atomic E-state index is 0.0395. The fourth-order valence-corrected chi connectivity index (χ4v) is 2.75. The molecule has 2 amide bonds. The second-order valence-corrected chi connectivity index (χ2v) is 5.70. The zero-order valence-electron chi connectivity index (χ0n) is 12.3. The Hall–Kier alpha value is -1.82. The van der Waals surface area contributed by atoms with Gasteiger partial charge < -0.3 is 20.5 Å². The molecular formula is C15H21FN2O3. The molecule has 2 unspecified atom stereocenters. The van der Waals surface area contributed by atoms with Crippen molar-refractivity contribution in [2.45, 2.75) is 32.2 Å². The minimum Gasteiger partial charge on any atom is -0.494 e. The number of hydrogen-bond donors (Lipinski definition) is 3. The van der Waals surface area contributed by atoms with Crippen LogP contribution in [0.25, 0.3) is 0 Å². The Balaban J connectivity index is 2.02. The lowest BCUT2D eigenvalue weighted by Crippen LogP contribution is -2.46. The molecule has 0 spiro atoms. The molecule has 2 rings (SSSR count). The van der Waals surface area contributed by atoms with Crippen LogP contribution in [0.1, 0.15) is 26.2 Å². The minimum atomic E-state index is -0.429. The number of aliphatic hydroxyl groups excluding tert-OH is 1. The molecule has 5 nitrogen and oxygen atoms in total. The van der Waals surface area contributed by atoms with Gasteiger partial charge in [-0.25, -0.2) is 9.18 Å². The highest BCUT2D eigenvalue weighted by atomic mass is 19.1. The first kappa shape index (κ1) is 15.6. The summed E-state index contributed by atoms with van der Waals surface area (Å²) in [5.74, 6) is -0.164. The quantitative estimate of drug-likeness (QED) is 0.799. The average Bonchev–Trinajstić information content (AvgIpc) is 2.82. The summed E-state index contributed by atoms with van der Waals surface area (Å²) in [5.41, 5.74) is 0.115. The number of anilines is 1. The summed E-state index contributed by atoms with van der Waals surface area (Å²) in [6.45, 7) is 2.00. The number of aliphatic hydroxyl groups is 1. The molecule has 0 bridgehead atoms. The Morgan fingerprint density at radius 2 is 2.33 bits per heavy atom. The molecule has 6 heteroatoms. The van der Waals surface area contributed by atoms with E-state index in [1.807, 2.05) is 6.92 Å². The third kappa shape index (κ3) is 3.44. The number of urea groups is 1. The van der Waals surface area contributed by atoms with Gasteiger partial charge in [0.05, 0.1) is 19.4 Å². The van der Waals surface area contributed by atoms with Crippen molar-refractivity contribution >= 4 is 11.7 Å². The summed E-state index contributed by atoms with van der Waals surface area (Å²) in [7, 11) is 1.41. The third-order valence-corrected chi connectivity index (χ3v) is 4.16. The molecule has 0 radical (unpaired) electrons. The van der Waals surface area contributed by atoms with Crippen molar-refractivity contribution < 1.29 is 19.0 Å². The maximum absolute atomic E-state index is 13.1. The SMILES string of the molecule is COc1cc(F)ccc1NC(=O)NC1CCCC1(C)CO. The molecule has 1 aromatic carbocycles. The first-order chi connectivity index (χ1) is 9.98. The van der Waals surface area contributed by atoms with Crippen molar-refractivity contribution in [3.05, 3.63) is 24.0 Å². The monoisotopic (exact) mass is 296 g/mol. The molecule has 0 saturated heterocycles. The molecule has 0 aliphatic heterocycles. The Kier molecular flexibility index (Phi) is 4.67. The van der Waals surface area contributed by atoms with Crippen molar-refractivity contribution in [3.8, 4) is 5.75 Å². The number of nitrogens with one attached hydrogen (secondary N) is 2. The van der Waals surface area contributed by atoms with E-state index in [2.05, 4.69) is 10.6 Å².